The molecule has 2 rings (SSSR count). The Hall–Kier alpha value is -0.870. The summed E-state index contributed by atoms with van der Waals surface area (Å²) in [7, 11) is 2.00. The van der Waals surface area contributed by atoms with Gasteiger partial charge in [0.1, 0.15) is 0 Å². The molecule has 1 atom stereocenters. The van der Waals surface area contributed by atoms with Crippen LogP contribution in [0.3, 0.4) is 0 Å². The Bertz CT molecular complexity index is 379. The molecule has 1 N–H and O–H groups in total. The van der Waals surface area contributed by atoms with Crippen molar-refractivity contribution in [3.8, 4) is 0 Å². The van der Waals surface area contributed by atoms with Gasteiger partial charge in [0.2, 0.25) is 0 Å². The molecule has 19 heavy (non-hydrogen) atoms. The van der Waals surface area contributed by atoms with E-state index >= 15 is 0 Å². The van der Waals surface area contributed by atoms with Crippen molar-refractivity contribution in [2.75, 3.05) is 19.6 Å². The fourth-order valence-electron chi connectivity index (χ4n) is 2.91. The monoisotopic (exact) mass is 264 g/mol. The first kappa shape index (κ1) is 14.5. The number of aryl methyl sites for hydroxylation is 2. The summed E-state index contributed by atoms with van der Waals surface area (Å²) in [4.78, 5) is 2.59. The van der Waals surface area contributed by atoms with E-state index in [1.807, 2.05) is 11.7 Å². The molecule has 0 radical (unpaired) electrons. The smallest absolute Gasteiger partial charge is 0.0666 e. The van der Waals surface area contributed by atoms with Crippen LogP contribution in [0.25, 0.3) is 0 Å². The lowest BCUT2D eigenvalue weighted by Crippen LogP contribution is -2.41. The van der Waals surface area contributed by atoms with E-state index in [1.165, 1.54) is 50.2 Å². The van der Waals surface area contributed by atoms with Gasteiger partial charge in [0, 0.05) is 37.9 Å². The third-order valence-corrected chi connectivity index (χ3v) is 3.95. The lowest BCUT2D eigenvalue weighted by molar-refractivity contribution is 0.209. The van der Waals surface area contributed by atoms with Crippen molar-refractivity contribution >= 4 is 0 Å². The lowest BCUT2D eigenvalue weighted by Gasteiger charge is -2.29. The van der Waals surface area contributed by atoms with Crippen LogP contribution >= 0.6 is 0 Å². The van der Waals surface area contributed by atoms with Gasteiger partial charge in [-0.25, -0.2) is 0 Å². The number of nitrogens with one attached hydrogen (secondary N) is 1. The Morgan fingerprint density at radius 3 is 2.74 bits per heavy atom. The Morgan fingerprint density at radius 1 is 1.32 bits per heavy atom. The Labute approximate surface area is 117 Å². The van der Waals surface area contributed by atoms with Gasteiger partial charge in [0.05, 0.1) is 5.69 Å². The van der Waals surface area contributed by atoms with Crippen molar-refractivity contribution < 1.29 is 0 Å². The second kappa shape index (κ2) is 7.06. The number of rotatable bonds is 6. The molecule has 0 aromatic carbocycles. The Balaban J connectivity index is 1.77. The first-order valence-corrected chi connectivity index (χ1v) is 7.66. The van der Waals surface area contributed by atoms with Crippen molar-refractivity contribution in [3.63, 3.8) is 0 Å². The van der Waals surface area contributed by atoms with Gasteiger partial charge in [-0.3, -0.25) is 4.68 Å². The number of aromatic nitrogens is 2. The second-order valence-electron chi connectivity index (χ2n) is 5.77. The largest absolute Gasteiger partial charge is 0.309 e. The minimum atomic E-state index is 0.544. The minimum absolute atomic E-state index is 0.544. The van der Waals surface area contributed by atoms with Gasteiger partial charge < -0.3 is 10.2 Å². The van der Waals surface area contributed by atoms with Crippen LogP contribution in [0.5, 0.6) is 0 Å². The molecule has 1 fully saturated rings. The SMILES string of the molecule is CCc1nn(C)cc1CNC(C)CN1CCCCC1. The molecule has 1 unspecified atom stereocenters. The molecule has 4 nitrogen and oxygen atoms in total. The van der Waals surface area contributed by atoms with Crippen molar-refractivity contribution in [2.45, 2.75) is 52.1 Å². The second-order valence-corrected chi connectivity index (χ2v) is 5.77. The third kappa shape index (κ3) is 4.32. The lowest BCUT2D eigenvalue weighted by atomic mass is 10.1. The Kier molecular flexibility index (Phi) is 5.40. The molecule has 0 aliphatic carbocycles. The normalized spacial score (nSPS) is 18.7. The number of piperidine rings is 1. The summed E-state index contributed by atoms with van der Waals surface area (Å²) >= 11 is 0. The summed E-state index contributed by atoms with van der Waals surface area (Å²) in [6.07, 6.45) is 7.30. The van der Waals surface area contributed by atoms with Crippen molar-refractivity contribution in [1.82, 2.24) is 20.0 Å². The molecule has 0 spiro atoms. The molecule has 0 saturated carbocycles. The highest BCUT2D eigenvalue weighted by Crippen LogP contribution is 2.10. The van der Waals surface area contributed by atoms with Gasteiger partial charge in [0.15, 0.2) is 0 Å². The molecule has 0 bridgehead atoms. The topological polar surface area (TPSA) is 33.1 Å². The van der Waals surface area contributed by atoms with Crippen molar-refractivity contribution in [2.24, 2.45) is 7.05 Å². The zero-order valence-corrected chi connectivity index (χ0v) is 12.7. The van der Waals surface area contributed by atoms with E-state index < -0.39 is 0 Å². The third-order valence-electron chi connectivity index (χ3n) is 3.95. The standard InChI is InChI=1S/C15H28N4/c1-4-15-14(12-18(3)17-15)10-16-13(2)11-19-8-6-5-7-9-19/h12-13,16H,4-11H2,1-3H3. The average molecular weight is 264 g/mol. The molecule has 108 valence electrons. The molecule has 0 amide bonds. The van der Waals surface area contributed by atoms with E-state index in [1.54, 1.807) is 0 Å². The van der Waals surface area contributed by atoms with Crippen LogP contribution in [0.4, 0.5) is 0 Å². The van der Waals surface area contributed by atoms with Crippen molar-refractivity contribution in [3.05, 3.63) is 17.5 Å². The number of likely N-dealkylation sites (tertiary alicyclic amines) is 1. The minimum Gasteiger partial charge on any atom is -0.309 e. The summed E-state index contributed by atoms with van der Waals surface area (Å²) in [5.74, 6) is 0. The van der Waals surface area contributed by atoms with Crippen LogP contribution in [0.1, 0.15) is 44.4 Å². The first-order valence-electron chi connectivity index (χ1n) is 7.66. The molecular formula is C15H28N4. The van der Waals surface area contributed by atoms with Gasteiger partial charge in [0.25, 0.3) is 0 Å². The zero-order chi connectivity index (χ0) is 13.7. The van der Waals surface area contributed by atoms with E-state index in [4.69, 9.17) is 0 Å². The van der Waals surface area contributed by atoms with Crippen LogP contribution in [0.15, 0.2) is 6.20 Å². The van der Waals surface area contributed by atoms with Gasteiger partial charge in [-0.15, -0.1) is 0 Å². The van der Waals surface area contributed by atoms with E-state index in [0.717, 1.165) is 13.0 Å². The van der Waals surface area contributed by atoms with Gasteiger partial charge in [-0.1, -0.05) is 13.3 Å². The van der Waals surface area contributed by atoms with Crippen LogP contribution < -0.4 is 5.32 Å². The molecule has 4 heteroatoms. The maximum atomic E-state index is 4.49. The highest BCUT2D eigenvalue weighted by Gasteiger charge is 2.13. The van der Waals surface area contributed by atoms with E-state index in [0.29, 0.717) is 6.04 Å². The Morgan fingerprint density at radius 2 is 2.05 bits per heavy atom. The maximum absolute atomic E-state index is 4.49. The number of hydrogen-bond donors (Lipinski definition) is 1. The van der Waals surface area contributed by atoms with E-state index in [9.17, 15) is 0 Å². The highest BCUT2D eigenvalue weighted by molar-refractivity contribution is 5.16. The van der Waals surface area contributed by atoms with Crippen LogP contribution in [0.2, 0.25) is 0 Å². The maximum Gasteiger partial charge on any atom is 0.0666 e. The predicted molar refractivity (Wildman–Crippen MR) is 79.2 cm³/mol. The summed E-state index contributed by atoms with van der Waals surface area (Å²) in [5, 5.41) is 8.13. The fraction of sp³-hybridized carbons (Fsp3) is 0.800. The number of hydrogen-bond acceptors (Lipinski definition) is 3. The quantitative estimate of drug-likeness (QED) is 0.852. The molecule has 1 saturated heterocycles. The highest BCUT2D eigenvalue weighted by atomic mass is 15.3. The van der Waals surface area contributed by atoms with E-state index in [-0.39, 0.29) is 0 Å². The zero-order valence-electron chi connectivity index (χ0n) is 12.7. The van der Waals surface area contributed by atoms with Crippen molar-refractivity contribution in [1.29, 1.82) is 0 Å². The summed E-state index contributed by atoms with van der Waals surface area (Å²) in [6, 6.07) is 0.544. The summed E-state index contributed by atoms with van der Waals surface area (Å²) in [6.45, 7) is 9.12. The molecule has 1 aromatic heterocycles. The van der Waals surface area contributed by atoms with Crippen LogP contribution in [-0.2, 0) is 20.0 Å². The molecule has 1 aromatic rings. The van der Waals surface area contributed by atoms with Crippen LogP contribution in [0, 0.1) is 0 Å². The fourth-order valence-corrected chi connectivity index (χ4v) is 2.91. The predicted octanol–water partition coefficient (Wildman–Crippen LogP) is 1.95. The summed E-state index contributed by atoms with van der Waals surface area (Å²) in [5.41, 5.74) is 2.57. The van der Waals surface area contributed by atoms with Gasteiger partial charge in [-0.05, 0) is 39.3 Å². The van der Waals surface area contributed by atoms with E-state index in [2.05, 4.69) is 35.4 Å². The molecule has 1 aliphatic rings. The van der Waals surface area contributed by atoms with Gasteiger partial charge in [-0.2, -0.15) is 5.10 Å². The average Bonchev–Trinajstić information content (AvgIpc) is 2.78. The summed E-state index contributed by atoms with van der Waals surface area (Å²) < 4.78 is 1.92. The van der Waals surface area contributed by atoms with Gasteiger partial charge >= 0.3 is 0 Å². The molecular weight excluding hydrogens is 236 g/mol. The molecule has 2 heterocycles. The number of nitrogens with zero attached hydrogens (tertiary/aromatic N) is 3. The van der Waals surface area contributed by atoms with Crippen LogP contribution in [-0.4, -0.2) is 40.4 Å². The molecule has 1 aliphatic heterocycles. The first-order chi connectivity index (χ1) is 9.19.